The number of carbonyl (C=O) groups excluding carboxylic acids is 3. The fourth-order valence-corrected chi connectivity index (χ4v) is 2.27. The van der Waals surface area contributed by atoms with Crippen molar-refractivity contribution in [3.8, 4) is 11.5 Å². The highest BCUT2D eigenvalue weighted by atomic mass is 19.3. The van der Waals surface area contributed by atoms with Crippen LogP contribution in [0.15, 0.2) is 42.5 Å². The fraction of sp³-hybridized carbons (Fsp3) is 0.211. The monoisotopic (exact) mass is 408 g/mol. The molecule has 2 amide bonds. The maximum absolute atomic E-state index is 12.4. The van der Waals surface area contributed by atoms with Gasteiger partial charge in [0.15, 0.2) is 11.5 Å². The van der Waals surface area contributed by atoms with Gasteiger partial charge in [-0.05, 0) is 36.4 Å². The molecule has 2 aromatic carbocycles. The van der Waals surface area contributed by atoms with Crippen molar-refractivity contribution < 1.29 is 37.4 Å². The van der Waals surface area contributed by atoms with Crippen LogP contribution >= 0.6 is 0 Å². The number of methoxy groups -OCH3 is 2. The first kappa shape index (κ1) is 21.6. The van der Waals surface area contributed by atoms with E-state index in [2.05, 4.69) is 20.1 Å². The second-order valence-corrected chi connectivity index (χ2v) is 5.54. The molecule has 0 aromatic heterocycles. The van der Waals surface area contributed by atoms with Crippen LogP contribution in [-0.2, 0) is 9.53 Å². The number of nitrogens with one attached hydrogen (secondary N) is 2. The van der Waals surface area contributed by atoms with Crippen LogP contribution in [0.5, 0.6) is 11.5 Å². The number of rotatable bonds is 8. The average Bonchev–Trinajstić information content (AvgIpc) is 2.71. The molecule has 2 N–H and O–H groups in total. The van der Waals surface area contributed by atoms with E-state index in [1.165, 1.54) is 44.6 Å². The summed E-state index contributed by atoms with van der Waals surface area (Å²) in [6, 6.07) is 9.75. The molecular formula is C19H18F2N2O6. The first-order valence-corrected chi connectivity index (χ1v) is 8.23. The van der Waals surface area contributed by atoms with Crippen molar-refractivity contribution in [3.05, 3.63) is 53.6 Å². The van der Waals surface area contributed by atoms with Gasteiger partial charge < -0.3 is 24.8 Å². The number of carbonyl (C=O) groups is 3. The molecule has 0 aliphatic heterocycles. The molecule has 0 saturated carbocycles. The second kappa shape index (κ2) is 10.0. The van der Waals surface area contributed by atoms with E-state index < -0.39 is 24.4 Å². The number of ether oxygens (including phenoxy) is 3. The molecule has 0 aliphatic carbocycles. The molecule has 0 bridgehead atoms. The van der Waals surface area contributed by atoms with E-state index in [1.54, 1.807) is 12.1 Å². The minimum Gasteiger partial charge on any atom is -0.493 e. The van der Waals surface area contributed by atoms with Gasteiger partial charge in [-0.3, -0.25) is 14.4 Å². The van der Waals surface area contributed by atoms with Gasteiger partial charge >= 0.3 is 12.6 Å². The Bertz CT molecular complexity index is 904. The molecule has 2 aromatic rings. The number of halogens is 2. The lowest BCUT2D eigenvalue weighted by Gasteiger charge is -2.12. The van der Waals surface area contributed by atoms with E-state index in [-0.39, 0.29) is 29.2 Å². The third kappa shape index (κ3) is 6.16. The van der Waals surface area contributed by atoms with Gasteiger partial charge in [-0.1, -0.05) is 6.07 Å². The van der Waals surface area contributed by atoms with E-state index in [0.29, 0.717) is 5.69 Å². The Morgan fingerprint density at radius 3 is 2.34 bits per heavy atom. The third-order valence-electron chi connectivity index (χ3n) is 3.65. The number of hydrogen-bond donors (Lipinski definition) is 2. The summed E-state index contributed by atoms with van der Waals surface area (Å²) >= 11 is 0. The molecule has 29 heavy (non-hydrogen) atoms. The number of alkyl halides is 2. The molecule has 0 saturated heterocycles. The normalized spacial score (nSPS) is 10.2. The molecule has 2 rings (SSSR count). The Hall–Kier alpha value is -3.69. The zero-order chi connectivity index (χ0) is 21.4. The Morgan fingerprint density at radius 1 is 0.966 bits per heavy atom. The predicted octanol–water partition coefficient (Wildman–Crippen LogP) is 2.45. The molecule has 0 spiro atoms. The second-order valence-electron chi connectivity index (χ2n) is 5.54. The van der Waals surface area contributed by atoms with Crippen molar-refractivity contribution in [1.29, 1.82) is 0 Å². The van der Waals surface area contributed by atoms with Gasteiger partial charge in [-0.25, -0.2) is 0 Å². The summed E-state index contributed by atoms with van der Waals surface area (Å²) in [4.78, 5) is 35.6. The van der Waals surface area contributed by atoms with E-state index in [1.807, 2.05) is 0 Å². The summed E-state index contributed by atoms with van der Waals surface area (Å²) in [6.07, 6.45) is 0. The lowest BCUT2D eigenvalue weighted by molar-refractivity contribution is -0.139. The predicted molar refractivity (Wildman–Crippen MR) is 98.4 cm³/mol. The van der Waals surface area contributed by atoms with Gasteiger partial charge in [0.05, 0.1) is 14.2 Å². The van der Waals surface area contributed by atoms with Gasteiger partial charge in [0.25, 0.3) is 11.8 Å². The Labute approximate surface area is 164 Å². The number of anilines is 1. The smallest absolute Gasteiger partial charge is 0.387 e. The van der Waals surface area contributed by atoms with Crippen LogP contribution in [0.3, 0.4) is 0 Å². The molecule has 10 heteroatoms. The molecule has 0 radical (unpaired) electrons. The first-order chi connectivity index (χ1) is 13.8. The van der Waals surface area contributed by atoms with Crippen molar-refractivity contribution in [2.75, 3.05) is 26.1 Å². The van der Waals surface area contributed by atoms with Crippen LogP contribution in [0.4, 0.5) is 14.5 Å². The van der Waals surface area contributed by atoms with Crippen molar-refractivity contribution in [2.24, 2.45) is 0 Å². The summed E-state index contributed by atoms with van der Waals surface area (Å²) in [6.45, 7) is -3.32. The summed E-state index contributed by atoms with van der Waals surface area (Å²) in [5.41, 5.74) is 0.654. The lowest BCUT2D eigenvalue weighted by atomic mass is 10.1. The highest BCUT2D eigenvalue weighted by Crippen LogP contribution is 2.29. The van der Waals surface area contributed by atoms with Crippen LogP contribution in [0.1, 0.15) is 20.7 Å². The quantitative estimate of drug-likeness (QED) is 0.651. The number of esters is 1. The minimum atomic E-state index is -3.03. The average molecular weight is 408 g/mol. The van der Waals surface area contributed by atoms with E-state index >= 15 is 0 Å². The van der Waals surface area contributed by atoms with Crippen molar-refractivity contribution in [3.63, 3.8) is 0 Å². The highest BCUT2D eigenvalue weighted by molar-refractivity contribution is 6.05. The van der Waals surface area contributed by atoms with E-state index in [9.17, 15) is 23.2 Å². The van der Waals surface area contributed by atoms with Gasteiger partial charge in [0.1, 0.15) is 6.54 Å². The van der Waals surface area contributed by atoms with Gasteiger partial charge in [-0.2, -0.15) is 8.78 Å². The summed E-state index contributed by atoms with van der Waals surface area (Å²) < 4.78 is 38.5. The maximum atomic E-state index is 12.4. The SMILES string of the molecule is COC(=O)CNC(=O)c1cccc(NC(=O)c2ccc(OC(F)F)c(OC)c2)c1. The van der Waals surface area contributed by atoms with Crippen molar-refractivity contribution >= 4 is 23.5 Å². The molecule has 0 aliphatic rings. The van der Waals surface area contributed by atoms with E-state index in [0.717, 1.165) is 0 Å². The van der Waals surface area contributed by atoms with Gasteiger partial charge in [-0.15, -0.1) is 0 Å². The molecule has 8 nitrogen and oxygen atoms in total. The van der Waals surface area contributed by atoms with Gasteiger partial charge in [0.2, 0.25) is 0 Å². The maximum Gasteiger partial charge on any atom is 0.387 e. The lowest BCUT2D eigenvalue weighted by Crippen LogP contribution is -2.30. The number of benzene rings is 2. The molecule has 0 unspecified atom stereocenters. The Kier molecular flexibility index (Phi) is 7.47. The summed E-state index contributed by atoms with van der Waals surface area (Å²) in [7, 11) is 2.46. The summed E-state index contributed by atoms with van der Waals surface area (Å²) in [5, 5.41) is 4.97. The molecule has 0 heterocycles. The Balaban J connectivity index is 2.11. The molecule has 0 atom stereocenters. The zero-order valence-corrected chi connectivity index (χ0v) is 15.5. The largest absolute Gasteiger partial charge is 0.493 e. The minimum absolute atomic E-state index is 0.0334. The van der Waals surface area contributed by atoms with Crippen LogP contribution in [0.25, 0.3) is 0 Å². The van der Waals surface area contributed by atoms with Crippen molar-refractivity contribution in [1.82, 2.24) is 5.32 Å². The number of amides is 2. The van der Waals surface area contributed by atoms with Crippen LogP contribution in [-0.4, -0.2) is 45.2 Å². The zero-order valence-electron chi connectivity index (χ0n) is 15.5. The van der Waals surface area contributed by atoms with Crippen LogP contribution < -0.4 is 20.1 Å². The molecule has 0 fully saturated rings. The van der Waals surface area contributed by atoms with Crippen molar-refractivity contribution in [2.45, 2.75) is 6.61 Å². The standard InChI is InChI=1S/C19H18F2N2O6/c1-27-15-9-12(6-7-14(15)29-19(20)21)18(26)23-13-5-3-4-11(8-13)17(25)22-10-16(24)28-2/h3-9,19H,10H2,1-2H3,(H,22,25)(H,23,26). The Morgan fingerprint density at radius 2 is 1.69 bits per heavy atom. The highest BCUT2D eigenvalue weighted by Gasteiger charge is 2.15. The third-order valence-corrected chi connectivity index (χ3v) is 3.65. The molecular weight excluding hydrogens is 390 g/mol. The molecule has 154 valence electrons. The fourth-order valence-electron chi connectivity index (χ4n) is 2.27. The van der Waals surface area contributed by atoms with Crippen LogP contribution in [0.2, 0.25) is 0 Å². The van der Waals surface area contributed by atoms with Crippen LogP contribution in [0, 0.1) is 0 Å². The topological polar surface area (TPSA) is 103 Å². The van der Waals surface area contributed by atoms with Gasteiger partial charge in [0, 0.05) is 16.8 Å². The first-order valence-electron chi connectivity index (χ1n) is 8.23. The van der Waals surface area contributed by atoms with E-state index in [4.69, 9.17) is 4.74 Å². The summed E-state index contributed by atoms with van der Waals surface area (Å²) in [5.74, 6) is -1.92. The number of hydrogen-bond acceptors (Lipinski definition) is 6.